The summed E-state index contributed by atoms with van der Waals surface area (Å²) in [6.07, 6.45) is 0. The minimum atomic E-state index is -4.34. The molecule has 14 heteroatoms. The molecule has 2 N–H and O–H groups in total. The van der Waals surface area contributed by atoms with Crippen LogP contribution < -0.4 is 5.32 Å². The molecule has 0 spiro atoms. The zero-order valence-corrected chi connectivity index (χ0v) is 22.4. The largest absolute Gasteiger partial charge is 0.307 e. The number of azo groups is 1. The topological polar surface area (TPSA) is 148 Å². The number of aromatic nitrogens is 5. The Morgan fingerprint density at radius 1 is 0.846 bits per heavy atom. The highest BCUT2D eigenvalue weighted by molar-refractivity contribution is 7.85. The maximum atomic E-state index is 11.4. The second-order valence-electron chi connectivity index (χ2n) is 8.15. The molecule has 2 aromatic heterocycles. The van der Waals surface area contributed by atoms with E-state index in [2.05, 4.69) is 30.5 Å². The second-order valence-corrected chi connectivity index (χ2v) is 10.2. The van der Waals surface area contributed by atoms with Crippen molar-refractivity contribution in [1.29, 1.82) is 0 Å². The van der Waals surface area contributed by atoms with Crippen LogP contribution in [-0.4, -0.2) is 37.7 Å². The predicted molar refractivity (Wildman–Crippen MR) is 147 cm³/mol. The Hall–Kier alpha value is -4.23. The molecule has 196 valence electrons. The number of para-hydroxylation sites is 1. The fraction of sp³-hybridized carbons (Fsp3) is 0.0400. The Bertz CT molecular complexity index is 1760. The summed E-state index contributed by atoms with van der Waals surface area (Å²) in [6, 6.07) is 22.3. The normalized spacial score (nSPS) is 11.7. The van der Waals surface area contributed by atoms with E-state index in [-0.39, 0.29) is 21.4 Å². The van der Waals surface area contributed by atoms with Crippen LogP contribution in [-0.2, 0) is 10.1 Å². The summed E-state index contributed by atoms with van der Waals surface area (Å²) < 4.78 is 33.7. The van der Waals surface area contributed by atoms with Gasteiger partial charge >= 0.3 is 0 Å². The summed E-state index contributed by atoms with van der Waals surface area (Å²) in [5.74, 6) is 0.412. The Balaban J connectivity index is 1.70. The third kappa shape index (κ3) is 6.10. The van der Waals surface area contributed by atoms with Crippen LogP contribution in [0.25, 0.3) is 16.9 Å². The standard InChI is InChI=1S/C25H18Cl2N8O3S/c1-15-7-9-16(10-8-15)20-21(33-32-17-11-13-19(14-12-17)39(36,37)38)22(28-25-30-23(26)29-24(27)31-25)35(34-20)18-5-3-2-4-6-18/h2-14H,1H3,(H,36,37,38)(H,28,29,30,31). The van der Waals surface area contributed by atoms with Crippen molar-refractivity contribution in [1.82, 2.24) is 24.7 Å². The fourth-order valence-electron chi connectivity index (χ4n) is 3.56. The molecule has 0 radical (unpaired) electrons. The summed E-state index contributed by atoms with van der Waals surface area (Å²) in [7, 11) is -4.34. The monoisotopic (exact) mass is 580 g/mol. The number of nitrogens with zero attached hydrogens (tertiary/aromatic N) is 7. The van der Waals surface area contributed by atoms with E-state index in [9.17, 15) is 13.0 Å². The zero-order chi connectivity index (χ0) is 27.6. The van der Waals surface area contributed by atoms with Gasteiger partial charge in [0.25, 0.3) is 10.1 Å². The number of hydrogen-bond donors (Lipinski definition) is 2. The van der Waals surface area contributed by atoms with Gasteiger partial charge in [0.1, 0.15) is 5.69 Å². The van der Waals surface area contributed by atoms with E-state index in [0.29, 0.717) is 28.6 Å². The molecule has 0 bridgehead atoms. The molecule has 2 heterocycles. The lowest BCUT2D eigenvalue weighted by atomic mass is 10.1. The molecular weight excluding hydrogens is 563 g/mol. The molecule has 0 saturated carbocycles. The molecule has 0 atom stereocenters. The summed E-state index contributed by atoms with van der Waals surface area (Å²) in [4.78, 5) is 11.7. The number of halogens is 2. The Kier molecular flexibility index (Phi) is 7.35. The number of benzene rings is 3. The van der Waals surface area contributed by atoms with Gasteiger partial charge in [0, 0.05) is 5.56 Å². The van der Waals surface area contributed by atoms with Gasteiger partial charge in [-0.05, 0) is 66.5 Å². The van der Waals surface area contributed by atoms with Gasteiger partial charge in [-0.2, -0.15) is 33.6 Å². The van der Waals surface area contributed by atoms with Gasteiger partial charge in [0.2, 0.25) is 16.5 Å². The van der Waals surface area contributed by atoms with E-state index < -0.39 is 10.1 Å². The van der Waals surface area contributed by atoms with Crippen LogP contribution in [0.2, 0.25) is 10.6 Å². The maximum absolute atomic E-state index is 11.4. The summed E-state index contributed by atoms with van der Waals surface area (Å²) in [5, 5.41) is 16.5. The van der Waals surface area contributed by atoms with E-state index in [1.807, 2.05) is 61.5 Å². The van der Waals surface area contributed by atoms with Crippen LogP contribution in [0, 0.1) is 6.92 Å². The summed E-state index contributed by atoms with van der Waals surface area (Å²) in [5.41, 5.74) is 3.69. The highest BCUT2D eigenvalue weighted by atomic mass is 35.5. The Morgan fingerprint density at radius 3 is 2.10 bits per heavy atom. The van der Waals surface area contributed by atoms with E-state index in [0.717, 1.165) is 11.1 Å². The van der Waals surface area contributed by atoms with Crippen molar-refractivity contribution in [2.24, 2.45) is 10.2 Å². The zero-order valence-electron chi connectivity index (χ0n) is 20.1. The molecule has 0 fully saturated rings. The first-order valence-electron chi connectivity index (χ1n) is 11.3. The minimum absolute atomic E-state index is 0.0569. The van der Waals surface area contributed by atoms with Crippen LogP contribution in [0.15, 0.2) is 94.0 Å². The van der Waals surface area contributed by atoms with E-state index >= 15 is 0 Å². The summed E-state index contributed by atoms with van der Waals surface area (Å²) >= 11 is 12.0. The SMILES string of the molecule is Cc1ccc(-c2nn(-c3ccccc3)c(Nc3nc(Cl)nc(Cl)n3)c2N=Nc2ccc(S(=O)(=O)O)cc2)cc1. The lowest BCUT2D eigenvalue weighted by Gasteiger charge is -2.09. The van der Waals surface area contributed by atoms with Crippen LogP contribution in [0.4, 0.5) is 23.1 Å². The highest BCUT2D eigenvalue weighted by Gasteiger charge is 2.22. The minimum Gasteiger partial charge on any atom is -0.307 e. The molecule has 39 heavy (non-hydrogen) atoms. The van der Waals surface area contributed by atoms with Crippen LogP contribution >= 0.6 is 23.2 Å². The first kappa shape index (κ1) is 26.4. The van der Waals surface area contributed by atoms with Crippen molar-refractivity contribution in [2.75, 3.05) is 5.32 Å². The molecule has 0 aliphatic heterocycles. The first-order chi connectivity index (χ1) is 18.7. The van der Waals surface area contributed by atoms with Gasteiger partial charge in [-0.1, -0.05) is 48.0 Å². The van der Waals surface area contributed by atoms with E-state index in [1.54, 1.807) is 4.68 Å². The van der Waals surface area contributed by atoms with Gasteiger partial charge in [0.15, 0.2) is 11.5 Å². The molecule has 3 aromatic carbocycles. The molecule has 0 amide bonds. The van der Waals surface area contributed by atoms with Crippen molar-refractivity contribution in [3.8, 4) is 16.9 Å². The van der Waals surface area contributed by atoms with Crippen molar-refractivity contribution >= 4 is 56.5 Å². The van der Waals surface area contributed by atoms with Crippen LogP contribution in [0.5, 0.6) is 0 Å². The van der Waals surface area contributed by atoms with Crippen molar-refractivity contribution in [2.45, 2.75) is 11.8 Å². The number of aryl methyl sites for hydroxylation is 1. The average molecular weight is 581 g/mol. The van der Waals surface area contributed by atoms with E-state index in [4.69, 9.17) is 28.3 Å². The van der Waals surface area contributed by atoms with Gasteiger partial charge in [-0.15, -0.1) is 5.11 Å². The van der Waals surface area contributed by atoms with Crippen LogP contribution in [0.1, 0.15) is 5.56 Å². The smallest absolute Gasteiger partial charge is 0.294 e. The van der Waals surface area contributed by atoms with Crippen LogP contribution in [0.3, 0.4) is 0 Å². The molecule has 5 aromatic rings. The number of hydrogen-bond acceptors (Lipinski definition) is 9. The molecule has 0 aliphatic carbocycles. The van der Waals surface area contributed by atoms with Gasteiger partial charge in [-0.3, -0.25) is 4.55 Å². The third-order valence-electron chi connectivity index (χ3n) is 5.40. The number of anilines is 2. The molecule has 0 unspecified atom stereocenters. The first-order valence-corrected chi connectivity index (χ1v) is 13.5. The Labute approximate surface area is 233 Å². The predicted octanol–water partition coefficient (Wildman–Crippen LogP) is 6.75. The van der Waals surface area contributed by atoms with Crippen molar-refractivity contribution in [3.63, 3.8) is 0 Å². The molecule has 5 rings (SSSR count). The maximum Gasteiger partial charge on any atom is 0.294 e. The molecule has 11 nitrogen and oxygen atoms in total. The van der Waals surface area contributed by atoms with Crippen molar-refractivity contribution < 1.29 is 13.0 Å². The Morgan fingerprint density at radius 2 is 1.49 bits per heavy atom. The molecule has 0 saturated heterocycles. The quantitative estimate of drug-likeness (QED) is 0.159. The fourth-order valence-corrected chi connectivity index (χ4v) is 4.40. The van der Waals surface area contributed by atoms with Crippen molar-refractivity contribution in [3.05, 3.63) is 95.0 Å². The van der Waals surface area contributed by atoms with Gasteiger partial charge in [0.05, 0.1) is 16.3 Å². The highest BCUT2D eigenvalue weighted by Crippen LogP contribution is 2.40. The number of nitrogens with one attached hydrogen (secondary N) is 1. The molecular formula is C25H18Cl2N8O3S. The van der Waals surface area contributed by atoms with Gasteiger partial charge in [-0.25, -0.2) is 4.68 Å². The van der Waals surface area contributed by atoms with Gasteiger partial charge < -0.3 is 5.32 Å². The second kappa shape index (κ2) is 10.9. The number of rotatable bonds is 7. The summed E-state index contributed by atoms with van der Waals surface area (Å²) in [6.45, 7) is 1.98. The lowest BCUT2D eigenvalue weighted by molar-refractivity contribution is 0.483. The molecule has 0 aliphatic rings. The van der Waals surface area contributed by atoms with E-state index in [1.165, 1.54) is 24.3 Å². The average Bonchev–Trinajstić information content (AvgIpc) is 3.25. The third-order valence-corrected chi connectivity index (χ3v) is 6.60. The lowest BCUT2D eigenvalue weighted by Crippen LogP contribution is -2.05.